The quantitative estimate of drug-likeness (QED) is 0.845. The minimum absolute atomic E-state index is 0.0957. The van der Waals surface area contributed by atoms with Crippen LogP contribution in [0.5, 0.6) is 5.75 Å². The third kappa shape index (κ3) is 2.84. The highest BCUT2D eigenvalue weighted by Gasteiger charge is 2.58. The Morgan fingerprint density at radius 2 is 1.80 bits per heavy atom. The Hall–Kier alpha value is -1.44. The first-order valence-electron chi connectivity index (χ1n) is 5.78. The van der Waals surface area contributed by atoms with Gasteiger partial charge >= 0.3 is 12.4 Å². The molecule has 1 aliphatic rings. The standard InChI is InChI=1S/C12H11F6NO/c13-11(14,15)8-2-1-3-9(6-8)20-10(12(16,17)18)4-5-19-7-10/h1-3,6,19H,4-5,7H2. The lowest BCUT2D eigenvalue weighted by Crippen LogP contribution is -2.52. The molecule has 1 atom stereocenters. The fourth-order valence-electron chi connectivity index (χ4n) is 2.02. The molecule has 1 heterocycles. The van der Waals surface area contributed by atoms with Gasteiger partial charge in [-0.15, -0.1) is 0 Å². The van der Waals surface area contributed by atoms with Gasteiger partial charge in [0.15, 0.2) is 0 Å². The van der Waals surface area contributed by atoms with Crippen molar-refractivity contribution in [1.82, 2.24) is 5.32 Å². The van der Waals surface area contributed by atoms with Gasteiger partial charge in [-0.05, 0) is 24.7 Å². The molecule has 1 unspecified atom stereocenters. The van der Waals surface area contributed by atoms with Crippen LogP contribution < -0.4 is 10.1 Å². The van der Waals surface area contributed by atoms with Gasteiger partial charge in [0, 0.05) is 13.0 Å². The van der Waals surface area contributed by atoms with Gasteiger partial charge in [-0.1, -0.05) is 6.07 Å². The van der Waals surface area contributed by atoms with E-state index in [1.807, 2.05) is 0 Å². The van der Waals surface area contributed by atoms with Crippen LogP contribution in [-0.4, -0.2) is 24.9 Å². The second-order valence-corrected chi connectivity index (χ2v) is 4.55. The van der Waals surface area contributed by atoms with Crippen LogP contribution in [0, 0.1) is 0 Å². The fourth-order valence-corrected chi connectivity index (χ4v) is 2.02. The van der Waals surface area contributed by atoms with E-state index in [1.54, 1.807) is 0 Å². The molecule has 1 aromatic rings. The SMILES string of the molecule is FC(F)(F)c1cccc(OC2(C(F)(F)F)CCNC2)c1. The van der Waals surface area contributed by atoms with Crippen LogP contribution in [0.25, 0.3) is 0 Å². The van der Waals surface area contributed by atoms with E-state index >= 15 is 0 Å². The smallest absolute Gasteiger partial charge is 0.429 e. The lowest BCUT2D eigenvalue weighted by molar-refractivity contribution is -0.240. The average molecular weight is 299 g/mol. The van der Waals surface area contributed by atoms with Crippen molar-refractivity contribution < 1.29 is 31.1 Å². The van der Waals surface area contributed by atoms with Gasteiger partial charge in [-0.2, -0.15) is 26.3 Å². The molecule has 0 saturated carbocycles. The average Bonchev–Trinajstić information content (AvgIpc) is 2.77. The first-order chi connectivity index (χ1) is 9.14. The zero-order chi connectivity index (χ0) is 15.0. The molecule has 1 aliphatic heterocycles. The molecular formula is C12H11F6NO. The van der Waals surface area contributed by atoms with Crippen molar-refractivity contribution in [2.45, 2.75) is 24.4 Å². The number of nitrogens with one attached hydrogen (secondary N) is 1. The number of hydrogen-bond acceptors (Lipinski definition) is 2. The van der Waals surface area contributed by atoms with Crippen LogP contribution >= 0.6 is 0 Å². The monoisotopic (exact) mass is 299 g/mol. The van der Waals surface area contributed by atoms with Crippen LogP contribution in [0.4, 0.5) is 26.3 Å². The molecule has 0 spiro atoms. The predicted octanol–water partition coefficient (Wildman–Crippen LogP) is 3.38. The Morgan fingerprint density at radius 1 is 1.10 bits per heavy atom. The van der Waals surface area contributed by atoms with Gasteiger partial charge < -0.3 is 10.1 Å². The fraction of sp³-hybridized carbons (Fsp3) is 0.500. The molecule has 1 fully saturated rings. The van der Waals surface area contributed by atoms with Crippen molar-refractivity contribution in [2.24, 2.45) is 0 Å². The second kappa shape index (κ2) is 4.83. The summed E-state index contributed by atoms with van der Waals surface area (Å²) in [7, 11) is 0. The van der Waals surface area contributed by atoms with Gasteiger partial charge in [0.2, 0.25) is 5.60 Å². The maximum absolute atomic E-state index is 13.0. The molecule has 0 aromatic heterocycles. The molecule has 1 saturated heterocycles. The van der Waals surface area contributed by atoms with Crippen molar-refractivity contribution in [3.05, 3.63) is 29.8 Å². The molecule has 0 amide bonds. The van der Waals surface area contributed by atoms with E-state index in [-0.39, 0.29) is 13.0 Å². The van der Waals surface area contributed by atoms with Gasteiger partial charge in [-0.25, -0.2) is 0 Å². The first-order valence-corrected chi connectivity index (χ1v) is 5.78. The Bertz CT molecular complexity index is 476. The number of benzene rings is 1. The van der Waals surface area contributed by atoms with Gasteiger partial charge in [0.1, 0.15) is 5.75 Å². The highest BCUT2D eigenvalue weighted by Crippen LogP contribution is 2.40. The molecular weight excluding hydrogens is 288 g/mol. The zero-order valence-electron chi connectivity index (χ0n) is 10.1. The summed E-state index contributed by atoms with van der Waals surface area (Å²) < 4.78 is 81.6. The van der Waals surface area contributed by atoms with Crippen LogP contribution in [0.2, 0.25) is 0 Å². The number of hydrogen-bond donors (Lipinski definition) is 1. The van der Waals surface area contributed by atoms with E-state index in [1.165, 1.54) is 0 Å². The lowest BCUT2D eigenvalue weighted by atomic mass is 10.0. The predicted molar refractivity (Wildman–Crippen MR) is 58.3 cm³/mol. The summed E-state index contributed by atoms with van der Waals surface area (Å²) >= 11 is 0. The summed E-state index contributed by atoms with van der Waals surface area (Å²) in [6.07, 6.45) is -9.63. The molecule has 20 heavy (non-hydrogen) atoms. The molecule has 0 bridgehead atoms. The van der Waals surface area contributed by atoms with E-state index in [0.29, 0.717) is 6.07 Å². The Kier molecular flexibility index (Phi) is 3.62. The van der Waals surface area contributed by atoms with Crippen LogP contribution in [0.15, 0.2) is 24.3 Å². The minimum Gasteiger partial charge on any atom is -0.476 e. The number of rotatable bonds is 2. The van der Waals surface area contributed by atoms with Crippen molar-refractivity contribution in [2.75, 3.05) is 13.1 Å². The largest absolute Gasteiger partial charge is 0.476 e. The summed E-state index contributed by atoms with van der Waals surface area (Å²) in [5.74, 6) is -0.444. The molecule has 0 radical (unpaired) electrons. The van der Waals surface area contributed by atoms with E-state index in [2.05, 4.69) is 5.32 Å². The summed E-state index contributed by atoms with van der Waals surface area (Å²) in [5, 5.41) is 2.52. The normalized spacial score (nSPS) is 23.9. The molecule has 1 N–H and O–H groups in total. The molecule has 112 valence electrons. The van der Waals surface area contributed by atoms with Crippen molar-refractivity contribution >= 4 is 0 Å². The number of halogens is 6. The number of alkyl halides is 6. The first kappa shape index (κ1) is 15.0. The minimum atomic E-state index is -4.66. The van der Waals surface area contributed by atoms with Crippen LogP contribution in [-0.2, 0) is 6.18 Å². The summed E-state index contributed by atoms with van der Waals surface area (Å²) in [5.41, 5.74) is -3.52. The maximum atomic E-state index is 13.0. The summed E-state index contributed by atoms with van der Waals surface area (Å²) in [4.78, 5) is 0. The second-order valence-electron chi connectivity index (χ2n) is 4.55. The third-order valence-corrected chi connectivity index (χ3v) is 3.11. The van der Waals surface area contributed by atoms with E-state index in [4.69, 9.17) is 4.74 Å². The van der Waals surface area contributed by atoms with Crippen LogP contribution in [0.3, 0.4) is 0 Å². The highest BCUT2D eigenvalue weighted by molar-refractivity contribution is 5.31. The van der Waals surface area contributed by atoms with E-state index in [9.17, 15) is 26.3 Å². The van der Waals surface area contributed by atoms with Crippen molar-refractivity contribution in [3.63, 3.8) is 0 Å². The topological polar surface area (TPSA) is 21.3 Å². The molecule has 0 aliphatic carbocycles. The van der Waals surface area contributed by atoms with Gasteiger partial charge in [-0.3, -0.25) is 0 Å². The maximum Gasteiger partial charge on any atom is 0.429 e. The Morgan fingerprint density at radius 3 is 2.30 bits per heavy atom. The van der Waals surface area contributed by atoms with Crippen LogP contribution in [0.1, 0.15) is 12.0 Å². The lowest BCUT2D eigenvalue weighted by Gasteiger charge is -2.31. The van der Waals surface area contributed by atoms with E-state index < -0.39 is 35.8 Å². The van der Waals surface area contributed by atoms with Crippen molar-refractivity contribution in [1.29, 1.82) is 0 Å². The molecule has 8 heteroatoms. The Balaban J connectivity index is 2.29. The third-order valence-electron chi connectivity index (χ3n) is 3.11. The number of ether oxygens (including phenoxy) is 1. The summed E-state index contributed by atoms with van der Waals surface area (Å²) in [6, 6.07) is 3.46. The highest BCUT2D eigenvalue weighted by atomic mass is 19.4. The van der Waals surface area contributed by atoms with E-state index in [0.717, 1.165) is 18.2 Å². The molecule has 2 rings (SSSR count). The molecule has 2 nitrogen and oxygen atoms in total. The molecule has 1 aromatic carbocycles. The zero-order valence-corrected chi connectivity index (χ0v) is 10.1. The van der Waals surface area contributed by atoms with Gasteiger partial charge in [0.25, 0.3) is 0 Å². The Labute approximate surface area is 110 Å². The summed E-state index contributed by atoms with van der Waals surface area (Å²) in [6.45, 7) is -0.384. The van der Waals surface area contributed by atoms with Crippen molar-refractivity contribution in [3.8, 4) is 5.75 Å². The van der Waals surface area contributed by atoms with Gasteiger partial charge in [0.05, 0.1) is 5.56 Å².